The number of carbonyl (C=O) groups excluding carboxylic acids is 1. The lowest BCUT2D eigenvalue weighted by Crippen LogP contribution is -2.44. The molecular formula is C12H15F3O6S. The molecule has 1 aliphatic heterocycles. The van der Waals surface area contributed by atoms with Gasteiger partial charge in [-0.05, 0) is 25.3 Å². The second-order valence-electron chi connectivity index (χ2n) is 5.17. The number of ether oxygens (including phenoxy) is 2. The van der Waals surface area contributed by atoms with Gasteiger partial charge in [0, 0.05) is 6.42 Å². The molecule has 0 aromatic carbocycles. The van der Waals surface area contributed by atoms with Gasteiger partial charge in [0.1, 0.15) is 5.76 Å². The third-order valence-corrected chi connectivity index (χ3v) is 4.87. The second-order valence-corrected chi connectivity index (χ2v) is 6.71. The third-order valence-electron chi connectivity index (χ3n) is 3.87. The molecule has 2 rings (SSSR count). The van der Waals surface area contributed by atoms with Crippen LogP contribution in [0, 0.1) is 5.92 Å². The summed E-state index contributed by atoms with van der Waals surface area (Å²) in [5.41, 5.74) is -6.57. The van der Waals surface area contributed by atoms with E-state index in [2.05, 4.69) is 8.92 Å². The molecule has 6 nitrogen and oxygen atoms in total. The molecule has 2 unspecified atom stereocenters. The summed E-state index contributed by atoms with van der Waals surface area (Å²) in [4.78, 5) is 11.8. The Balaban J connectivity index is 2.18. The predicted molar refractivity (Wildman–Crippen MR) is 66.8 cm³/mol. The summed E-state index contributed by atoms with van der Waals surface area (Å²) in [6, 6.07) is 0. The molecule has 0 amide bonds. The van der Waals surface area contributed by atoms with E-state index in [4.69, 9.17) is 4.74 Å². The Kier molecular flexibility index (Phi) is 4.44. The van der Waals surface area contributed by atoms with Crippen molar-refractivity contribution in [3.8, 4) is 0 Å². The molecule has 1 spiro atoms. The van der Waals surface area contributed by atoms with Crippen LogP contribution in [-0.2, 0) is 28.6 Å². The highest BCUT2D eigenvalue weighted by molar-refractivity contribution is 7.87. The first-order chi connectivity index (χ1) is 10.1. The van der Waals surface area contributed by atoms with Crippen molar-refractivity contribution in [3.05, 3.63) is 11.8 Å². The molecule has 2 aliphatic rings. The summed E-state index contributed by atoms with van der Waals surface area (Å²) in [6.07, 6.45) is 2.41. The Hall–Kier alpha value is -1.29. The maximum absolute atomic E-state index is 12.4. The molecule has 0 saturated heterocycles. The first-order valence-corrected chi connectivity index (χ1v) is 7.94. The highest BCUT2D eigenvalue weighted by Crippen LogP contribution is 2.46. The molecule has 1 fully saturated rings. The van der Waals surface area contributed by atoms with Crippen molar-refractivity contribution in [2.24, 2.45) is 5.92 Å². The fraction of sp³-hybridized carbons (Fsp3) is 0.750. The first kappa shape index (κ1) is 17.1. The Morgan fingerprint density at radius 2 is 2.14 bits per heavy atom. The van der Waals surface area contributed by atoms with Crippen molar-refractivity contribution in [3.63, 3.8) is 0 Å². The number of hydrogen-bond donors (Lipinski definition) is 0. The quantitative estimate of drug-likeness (QED) is 0.442. The maximum atomic E-state index is 12.4. The zero-order valence-corrected chi connectivity index (χ0v) is 12.5. The van der Waals surface area contributed by atoms with Crippen molar-refractivity contribution in [2.75, 3.05) is 13.7 Å². The topological polar surface area (TPSA) is 78.9 Å². The van der Waals surface area contributed by atoms with Crippen molar-refractivity contribution in [1.29, 1.82) is 0 Å². The van der Waals surface area contributed by atoms with Crippen LogP contribution in [0.15, 0.2) is 11.8 Å². The molecule has 1 aliphatic carbocycles. The van der Waals surface area contributed by atoms with E-state index >= 15 is 0 Å². The van der Waals surface area contributed by atoms with E-state index < -0.39 is 33.1 Å². The highest BCUT2D eigenvalue weighted by atomic mass is 32.2. The molecule has 22 heavy (non-hydrogen) atoms. The van der Waals surface area contributed by atoms with Gasteiger partial charge in [-0.3, -0.25) is 4.79 Å². The number of esters is 1. The molecule has 0 aromatic rings. The van der Waals surface area contributed by atoms with Crippen molar-refractivity contribution < 1.29 is 40.0 Å². The highest BCUT2D eigenvalue weighted by Gasteiger charge is 2.53. The van der Waals surface area contributed by atoms with Gasteiger partial charge in [-0.2, -0.15) is 21.6 Å². The van der Waals surface area contributed by atoms with Gasteiger partial charge in [-0.25, -0.2) is 0 Å². The minimum Gasteiger partial charge on any atom is -0.469 e. The van der Waals surface area contributed by atoms with E-state index in [1.807, 2.05) is 0 Å². The molecule has 10 heteroatoms. The van der Waals surface area contributed by atoms with E-state index in [9.17, 15) is 26.4 Å². The lowest BCUT2D eigenvalue weighted by atomic mass is 9.85. The van der Waals surface area contributed by atoms with Gasteiger partial charge in [-0.1, -0.05) is 0 Å². The first-order valence-electron chi connectivity index (χ1n) is 6.53. The number of halogens is 3. The maximum Gasteiger partial charge on any atom is 0.534 e. The summed E-state index contributed by atoms with van der Waals surface area (Å²) in [5.74, 6) is -1.55. The van der Waals surface area contributed by atoms with Gasteiger partial charge in [0.15, 0.2) is 0 Å². The van der Waals surface area contributed by atoms with Crippen LogP contribution in [0.1, 0.15) is 25.7 Å². The van der Waals surface area contributed by atoms with Crippen LogP contribution in [0.4, 0.5) is 13.2 Å². The minimum atomic E-state index is -5.73. The number of hydrogen-bond acceptors (Lipinski definition) is 6. The van der Waals surface area contributed by atoms with Gasteiger partial charge >= 0.3 is 21.6 Å². The zero-order chi connectivity index (χ0) is 16.6. The van der Waals surface area contributed by atoms with E-state index in [1.165, 1.54) is 7.11 Å². The van der Waals surface area contributed by atoms with E-state index in [0.29, 0.717) is 19.3 Å². The van der Waals surface area contributed by atoms with Crippen LogP contribution < -0.4 is 0 Å². The van der Waals surface area contributed by atoms with E-state index in [0.717, 1.165) is 6.08 Å². The normalized spacial score (nSPS) is 29.3. The fourth-order valence-corrected chi connectivity index (χ4v) is 3.38. The summed E-state index contributed by atoms with van der Waals surface area (Å²) < 4.78 is 73.7. The number of carbonyl (C=O) groups is 1. The average molecular weight is 344 g/mol. The van der Waals surface area contributed by atoms with Crippen LogP contribution in [0.3, 0.4) is 0 Å². The molecule has 0 radical (unpaired) electrons. The van der Waals surface area contributed by atoms with Gasteiger partial charge in [0.25, 0.3) is 0 Å². The van der Waals surface area contributed by atoms with E-state index in [1.54, 1.807) is 0 Å². The third kappa shape index (κ3) is 3.07. The van der Waals surface area contributed by atoms with Crippen LogP contribution in [0.2, 0.25) is 0 Å². The average Bonchev–Trinajstić information content (AvgIpc) is 2.79. The number of alkyl halides is 3. The van der Waals surface area contributed by atoms with Gasteiger partial charge in [-0.15, -0.1) is 0 Å². The van der Waals surface area contributed by atoms with Gasteiger partial charge in [0.2, 0.25) is 0 Å². The van der Waals surface area contributed by atoms with Crippen LogP contribution in [-0.4, -0.2) is 39.2 Å². The summed E-state index contributed by atoms with van der Waals surface area (Å²) >= 11 is 0. The lowest BCUT2D eigenvalue weighted by molar-refractivity contribution is -0.158. The van der Waals surface area contributed by atoms with Crippen molar-refractivity contribution in [2.45, 2.75) is 36.8 Å². The molecule has 1 saturated carbocycles. The Morgan fingerprint density at radius 3 is 2.73 bits per heavy atom. The zero-order valence-electron chi connectivity index (χ0n) is 11.7. The Labute approximate surface area is 125 Å². The minimum absolute atomic E-state index is 0.129. The Morgan fingerprint density at radius 1 is 1.45 bits per heavy atom. The van der Waals surface area contributed by atoms with Crippen molar-refractivity contribution >= 4 is 16.1 Å². The van der Waals surface area contributed by atoms with Crippen molar-refractivity contribution in [1.82, 2.24) is 0 Å². The summed E-state index contributed by atoms with van der Waals surface area (Å²) in [6.45, 7) is -0.129. The Bertz CT molecular complexity index is 582. The van der Waals surface area contributed by atoms with Crippen LogP contribution >= 0.6 is 0 Å². The standard InChI is InChI=1S/C12H15F3O6S/c1-19-10(16)9-3-2-5-11(9)7-8(4-6-20-11)21-22(17,18)12(13,14)15/h4,9H,2-3,5-7H2,1H3. The molecule has 126 valence electrons. The van der Waals surface area contributed by atoms with Gasteiger partial charge in [0.05, 0.1) is 25.2 Å². The number of methoxy groups -OCH3 is 1. The molecule has 0 N–H and O–H groups in total. The smallest absolute Gasteiger partial charge is 0.469 e. The largest absolute Gasteiger partial charge is 0.534 e. The molecule has 0 aromatic heterocycles. The SMILES string of the molecule is COC(=O)C1CCCC12CC(OS(=O)(=O)C(F)(F)F)=CCO2. The molecule has 2 atom stereocenters. The van der Waals surface area contributed by atoms with Gasteiger partial charge < -0.3 is 13.7 Å². The summed E-state index contributed by atoms with van der Waals surface area (Å²) in [7, 11) is -4.52. The van der Waals surface area contributed by atoms with E-state index in [-0.39, 0.29) is 18.8 Å². The van der Waals surface area contributed by atoms with Crippen LogP contribution in [0.5, 0.6) is 0 Å². The molecule has 0 bridgehead atoms. The van der Waals surface area contributed by atoms with Crippen LogP contribution in [0.25, 0.3) is 0 Å². The number of rotatable bonds is 3. The second kappa shape index (κ2) is 5.73. The monoisotopic (exact) mass is 344 g/mol. The summed E-state index contributed by atoms with van der Waals surface area (Å²) in [5, 5.41) is 0. The molecule has 1 heterocycles. The predicted octanol–water partition coefficient (Wildman–Crippen LogP) is 1.87. The molecular weight excluding hydrogens is 329 g/mol. The lowest BCUT2D eigenvalue weighted by Gasteiger charge is -2.37. The fourth-order valence-electron chi connectivity index (χ4n) is 2.87.